The molecule has 0 radical (unpaired) electrons. The predicted molar refractivity (Wildman–Crippen MR) is 212 cm³/mol. The maximum absolute atomic E-state index is 15.2. The standard InChI is InChI=1S/C40H61NO9SSi2/c1-24(2)53(25(3)4,26(5)6)49-32-22-29-28(21-31(32)47-12)36-33(48-27(7)42)23-35(51(44,45)34-18-16-15-17-30(34)46-11)40(50-52(13,14)39(8,9)10)19-20-41(37(36)40)38(29)43/h15-18,21-22,24-26,33,35-37H,19-20,23H2,1-14H3/t33?,35?,36-,37+,40+/m1/s1. The van der Waals surface area contributed by atoms with E-state index in [0.717, 1.165) is 0 Å². The molecule has 5 rings (SSSR count). The molecule has 2 fully saturated rings. The van der Waals surface area contributed by atoms with Crippen LogP contribution in [0.1, 0.15) is 104 Å². The topological polar surface area (TPSA) is 118 Å². The number of esters is 1. The van der Waals surface area contributed by atoms with E-state index in [-0.39, 0.29) is 51.2 Å². The van der Waals surface area contributed by atoms with Crippen molar-refractivity contribution in [1.29, 1.82) is 0 Å². The van der Waals surface area contributed by atoms with Gasteiger partial charge in [-0.1, -0.05) is 74.4 Å². The van der Waals surface area contributed by atoms with Gasteiger partial charge in [-0.15, -0.1) is 0 Å². The molecule has 53 heavy (non-hydrogen) atoms. The number of methoxy groups -OCH3 is 2. The Hall–Kier alpha value is -2.88. The van der Waals surface area contributed by atoms with Gasteiger partial charge in [0.05, 0.1) is 31.1 Å². The Bertz CT molecular complexity index is 1820. The third kappa shape index (κ3) is 6.65. The molecule has 2 aromatic carbocycles. The maximum Gasteiger partial charge on any atom is 0.302 e. The molecule has 3 aliphatic rings. The first kappa shape index (κ1) is 41.3. The first-order chi connectivity index (χ1) is 24.5. The van der Waals surface area contributed by atoms with Gasteiger partial charge in [0.2, 0.25) is 0 Å². The highest BCUT2D eigenvalue weighted by Crippen LogP contribution is 2.59. The van der Waals surface area contributed by atoms with Crippen LogP contribution in [0.3, 0.4) is 0 Å². The van der Waals surface area contributed by atoms with Crippen molar-refractivity contribution in [1.82, 2.24) is 4.90 Å². The maximum atomic E-state index is 15.2. The van der Waals surface area contributed by atoms with Gasteiger partial charge < -0.3 is 28.0 Å². The number of nitrogens with zero attached hydrogens (tertiary/aromatic N) is 1. The second kappa shape index (κ2) is 14.3. The smallest absolute Gasteiger partial charge is 0.302 e. The van der Waals surface area contributed by atoms with Crippen LogP contribution in [-0.2, 0) is 23.8 Å². The molecular formula is C40H61NO9SSi2. The molecular weight excluding hydrogens is 727 g/mol. The highest BCUT2D eigenvalue weighted by molar-refractivity contribution is 7.92. The lowest BCUT2D eigenvalue weighted by molar-refractivity contribution is -0.154. The predicted octanol–water partition coefficient (Wildman–Crippen LogP) is 8.51. The number of benzene rings is 2. The Kier molecular flexibility index (Phi) is 11.2. The summed E-state index contributed by atoms with van der Waals surface area (Å²) >= 11 is 0. The quantitative estimate of drug-likeness (QED) is 0.154. The molecule has 10 nitrogen and oxygen atoms in total. The second-order valence-electron chi connectivity index (χ2n) is 17.6. The normalized spacial score (nSPS) is 24.7. The Morgan fingerprint density at radius 2 is 1.51 bits per heavy atom. The fraction of sp³-hybridized carbons (Fsp3) is 0.650. The van der Waals surface area contributed by atoms with Crippen LogP contribution >= 0.6 is 0 Å². The van der Waals surface area contributed by atoms with E-state index in [4.69, 9.17) is 23.1 Å². The minimum Gasteiger partial charge on any atom is -0.540 e. The Morgan fingerprint density at radius 1 is 0.925 bits per heavy atom. The Labute approximate surface area is 319 Å². The fourth-order valence-corrected chi connectivity index (χ4v) is 18.8. The van der Waals surface area contributed by atoms with E-state index in [2.05, 4.69) is 75.4 Å². The van der Waals surface area contributed by atoms with Crippen LogP contribution in [0, 0.1) is 0 Å². The van der Waals surface area contributed by atoms with Crippen molar-refractivity contribution in [2.45, 2.75) is 151 Å². The number of carbonyl (C=O) groups is 2. The van der Waals surface area contributed by atoms with Crippen LogP contribution in [0.15, 0.2) is 41.3 Å². The lowest BCUT2D eigenvalue weighted by Gasteiger charge is -2.57. The molecule has 1 aliphatic carbocycles. The van der Waals surface area contributed by atoms with E-state index in [9.17, 15) is 9.59 Å². The average Bonchev–Trinajstić information content (AvgIpc) is 3.44. The molecule has 2 unspecified atom stereocenters. The number of fused-ring (bicyclic) bond motifs is 2. The number of hydrogen-bond acceptors (Lipinski definition) is 9. The minimum absolute atomic E-state index is 0.0259. The van der Waals surface area contributed by atoms with Crippen molar-refractivity contribution in [2.24, 2.45) is 0 Å². The largest absolute Gasteiger partial charge is 0.540 e. The lowest BCUT2D eigenvalue weighted by Crippen LogP contribution is -2.70. The summed E-state index contributed by atoms with van der Waals surface area (Å²) in [5.74, 6) is -0.103. The molecule has 2 heterocycles. The molecule has 0 spiro atoms. The summed E-state index contributed by atoms with van der Waals surface area (Å²) in [6.45, 7) is 25.5. The van der Waals surface area contributed by atoms with Crippen molar-refractivity contribution in [2.75, 3.05) is 20.8 Å². The molecule has 294 valence electrons. The van der Waals surface area contributed by atoms with E-state index in [1.807, 2.05) is 12.1 Å². The van der Waals surface area contributed by atoms with E-state index in [1.54, 1.807) is 36.3 Å². The van der Waals surface area contributed by atoms with Crippen LogP contribution in [0.25, 0.3) is 0 Å². The molecule has 0 N–H and O–H groups in total. The molecule has 13 heteroatoms. The van der Waals surface area contributed by atoms with Crippen molar-refractivity contribution < 1.29 is 41.1 Å². The number of ether oxygens (including phenoxy) is 3. The van der Waals surface area contributed by atoms with Crippen molar-refractivity contribution in [3.63, 3.8) is 0 Å². The van der Waals surface area contributed by atoms with Crippen molar-refractivity contribution in [3.8, 4) is 17.2 Å². The summed E-state index contributed by atoms with van der Waals surface area (Å²) < 4.78 is 62.6. The third-order valence-electron chi connectivity index (χ3n) is 12.8. The summed E-state index contributed by atoms with van der Waals surface area (Å²) in [4.78, 5) is 29.7. The molecule has 2 aromatic rings. The number of sulfone groups is 1. The zero-order chi connectivity index (χ0) is 39.6. The molecule has 1 saturated carbocycles. The van der Waals surface area contributed by atoms with Gasteiger partial charge in [0.15, 0.2) is 23.9 Å². The van der Waals surface area contributed by atoms with E-state index < -0.39 is 61.4 Å². The summed E-state index contributed by atoms with van der Waals surface area (Å²) in [7, 11) is -6.33. The van der Waals surface area contributed by atoms with Crippen molar-refractivity contribution >= 4 is 38.3 Å². The summed E-state index contributed by atoms with van der Waals surface area (Å²) in [5.41, 5.74) is 0.634. The van der Waals surface area contributed by atoms with E-state index in [1.165, 1.54) is 14.0 Å². The highest BCUT2D eigenvalue weighted by Gasteiger charge is 2.70. The lowest BCUT2D eigenvalue weighted by atomic mass is 9.67. The van der Waals surface area contributed by atoms with Gasteiger partial charge >= 0.3 is 5.97 Å². The summed E-state index contributed by atoms with van der Waals surface area (Å²) in [6.07, 6.45) is -0.610. The van der Waals surface area contributed by atoms with Crippen molar-refractivity contribution in [3.05, 3.63) is 47.5 Å². The van der Waals surface area contributed by atoms with Gasteiger partial charge in [-0.05, 0) is 71.0 Å². The molecule has 1 saturated heterocycles. The number of hydrogen-bond donors (Lipinski definition) is 0. The molecule has 0 aromatic heterocycles. The third-order valence-corrected chi connectivity index (χ3v) is 25.6. The molecule has 2 aliphatic heterocycles. The van der Waals surface area contributed by atoms with Crippen LogP contribution in [0.2, 0.25) is 34.8 Å². The fourth-order valence-electron chi connectivity index (χ4n) is 9.56. The molecule has 5 atom stereocenters. The first-order valence-electron chi connectivity index (χ1n) is 19.0. The SMILES string of the molecule is COc1cc2c(cc1O[Si](C(C)C)(C(C)C)C(C)C)C(=O)N1CC[C@]3(O[Si](C)(C)C(C)(C)C)C(S(=O)(=O)c4ccccc4OC)CC(OC(C)=O)[C@@H]2[C@H]13. The van der Waals surface area contributed by atoms with E-state index >= 15 is 8.42 Å². The van der Waals surface area contributed by atoms with Gasteiger partial charge in [0.25, 0.3) is 14.2 Å². The minimum atomic E-state index is -4.19. The van der Waals surface area contributed by atoms with Gasteiger partial charge in [-0.25, -0.2) is 8.42 Å². The number of rotatable bonds is 12. The number of carbonyl (C=O) groups excluding carboxylic acids is 2. The summed E-state index contributed by atoms with van der Waals surface area (Å²) in [6, 6.07) is 9.53. The van der Waals surface area contributed by atoms with Crippen LogP contribution in [0.5, 0.6) is 17.2 Å². The average molecular weight is 788 g/mol. The monoisotopic (exact) mass is 787 g/mol. The number of para-hydroxylation sites is 1. The molecule has 0 bridgehead atoms. The Morgan fingerprint density at radius 3 is 2.04 bits per heavy atom. The Balaban J connectivity index is 1.79. The highest BCUT2D eigenvalue weighted by atomic mass is 32.2. The van der Waals surface area contributed by atoms with Gasteiger partial charge in [0.1, 0.15) is 22.5 Å². The summed E-state index contributed by atoms with van der Waals surface area (Å²) in [5, 5.41) is -1.42. The van der Waals surface area contributed by atoms with Gasteiger partial charge in [0, 0.05) is 31.4 Å². The molecule has 1 amide bonds. The second-order valence-corrected chi connectivity index (χ2v) is 29.8. The first-order valence-corrected chi connectivity index (χ1v) is 25.6. The zero-order valence-electron chi connectivity index (χ0n) is 34.2. The van der Waals surface area contributed by atoms with Crippen LogP contribution < -0.4 is 13.9 Å². The van der Waals surface area contributed by atoms with Gasteiger partial charge in [-0.2, -0.15) is 0 Å². The van der Waals surface area contributed by atoms with Gasteiger partial charge in [-0.3, -0.25) is 9.59 Å². The van der Waals surface area contributed by atoms with E-state index in [0.29, 0.717) is 29.0 Å². The van der Waals surface area contributed by atoms with Crippen LogP contribution in [0.4, 0.5) is 0 Å². The van der Waals surface area contributed by atoms with Crippen LogP contribution in [-0.4, -0.2) is 85.6 Å². The zero-order valence-corrected chi connectivity index (χ0v) is 37.0. The number of amides is 1.